The number of thiazole rings is 1. The van der Waals surface area contributed by atoms with E-state index in [2.05, 4.69) is 21.3 Å². The molecule has 1 amide bonds. The van der Waals surface area contributed by atoms with Gasteiger partial charge < -0.3 is 15.0 Å². The van der Waals surface area contributed by atoms with Crippen LogP contribution < -0.4 is 10.1 Å². The summed E-state index contributed by atoms with van der Waals surface area (Å²) in [5.74, 6) is 0.801. The zero-order valence-electron chi connectivity index (χ0n) is 17.8. The van der Waals surface area contributed by atoms with Crippen molar-refractivity contribution >= 4 is 51.8 Å². The quantitative estimate of drug-likeness (QED) is 0.423. The number of amides is 1. The lowest BCUT2D eigenvalue weighted by Gasteiger charge is -2.32. The van der Waals surface area contributed by atoms with E-state index in [9.17, 15) is 4.79 Å². The van der Waals surface area contributed by atoms with Gasteiger partial charge >= 0.3 is 0 Å². The number of hydrogen-bond acceptors (Lipinski definition) is 6. The van der Waals surface area contributed by atoms with Crippen LogP contribution in [0.25, 0.3) is 10.6 Å². The van der Waals surface area contributed by atoms with Crippen molar-refractivity contribution in [2.45, 2.75) is 32.3 Å². The number of carbonyl (C=O) groups excluding carboxylic acids is 1. The first kappa shape index (κ1) is 23.5. The Morgan fingerprint density at radius 2 is 2.06 bits per heavy atom. The van der Waals surface area contributed by atoms with Crippen LogP contribution >= 0.6 is 45.9 Å². The van der Waals surface area contributed by atoms with Crippen molar-refractivity contribution in [3.8, 4) is 16.3 Å². The highest BCUT2D eigenvalue weighted by Crippen LogP contribution is 2.31. The second-order valence-electron chi connectivity index (χ2n) is 7.74. The molecule has 0 atom stereocenters. The fourth-order valence-corrected chi connectivity index (χ4v) is 5.79. The second kappa shape index (κ2) is 11.0. The van der Waals surface area contributed by atoms with Crippen molar-refractivity contribution in [1.29, 1.82) is 0 Å². The number of piperidine rings is 1. The number of rotatable bonds is 8. The van der Waals surface area contributed by atoms with E-state index in [0.29, 0.717) is 23.0 Å². The van der Waals surface area contributed by atoms with Crippen LogP contribution in [0.15, 0.2) is 35.7 Å². The van der Waals surface area contributed by atoms with Gasteiger partial charge in [0.1, 0.15) is 11.9 Å². The van der Waals surface area contributed by atoms with Crippen LogP contribution in [0, 0.1) is 6.92 Å². The predicted octanol–water partition coefficient (Wildman–Crippen LogP) is 5.69. The number of likely N-dealkylation sites (tertiary alicyclic amines) is 1. The summed E-state index contributed by atoms with van der Waals surface area (Å²) in [6.45, 7) is 5.35. The summed E-state index contributed by atoms with van der Waals surface area (Å²) in [4.78, 5) is 21.6. The molecule has 4 rings (SSSR count). The van der Waals surface area contributed by atoms with E-state index in [1.165, 1.54) is 0 Å². The molecule has 2 aromatic heterocycles. The molecule has 1 N–H and O–H groups in total. The molecule has 5 nitrogen and oxygen atoms in total. The summed E-state index contributed by atoms with van der Waals surface area (Å²) in [6.07, 6.45) is 2.43. The van der Waals surface area contributed by atoms with Gasteiger partial charge in [-0.25, -0.2) is 4.98 Å². The van der Waals surface area contributed by atoms with Gasteiger partial charge in [-0.05, 0) is 43.3 Å². The Bertz CT molecular complexity index is 1050. The average molecular weight is 511 g/mol. The summed E-state index contributed by atoms with van der Waals surface area (Å²) in [5.41, 5.74) is 0.946. The lowest BCUT2D eigenvalue weighted by atomic mass is 10.1. The minimum atomic E-state index is 0.0456. The molecule has 1 aliphatic heterocycles. The average Bonchev–Trinajstić information content (AvgIpc) is 3.42. The van der Waals surface area contributed by atoms with E-state index < -0.39 is 0 Å². The number of carbonyl (C=O) groups is 1. The van der Waals surface area contributed by atoms with Crippen molar-refractivity contribution in [2.75, 3.05) is 26.2 Å². The third-order valence-corrected chi connectivity index (χ3v) is 7.94. The van der Waals surface area contributed by atoms with Crippen LogP contribution in [0.2, 0.25) is 10.0 Å². The Morgan fingerprint density at radius 3 is 2.78 bits per heavy atom. The number of aryl methyl sites for hydroxylation is 1. The van der Waals surface area contributed by atoms with Gasteiger partial charge in [0.2, 0.25) is 5.91 Å². The molecule has 1 aromatic carbocycles. The maximum atomic E-state index is 12.5. The Morgan fingerprint density at radius 1 is 1.25 bits per heavy atom. The van der Waals surface area contributed by atoms with Gasteiger partial charge in [-0.1, -0.05) is 29.3 Å². The van der Waals surface area contributed by atoms with Gasteiger partial charge in [-0.3, -0.25) is 4.79 Å². The SMILES string of the molecule is Cc1nc(-c2cccs2)c(CC(=O)NCCN2CCC(Oc3ccc(Cl)c(Cl)c3)CC2)s1. The molecule has 0 aliphatic carbocycles. The maximum absolute atomic E-state index is 12.5. The Balaban J connectivity index is 1.18. The highest BCUT2D eigenvalue weighted by molar-refractivity contribution is 7.15. The molecule has 0 unspecified atom stereocenters. The predicted molar refractivity (Wildman–Crippen MR) is 133 cm³/mol. The van der Waals surface area contributed by atoms with E-state index in [1.54, 1.807) is 34.8 Å². The molecule has 0 spiro atoms. The summed E-state index contributed by atoms with van der Waals surface area (Å²) >= 11 is 15.3. The first-order valence-electron chi connectivity index (χ1n) is 10.6. The van der Waals surface area contributed by atoms with Crippen LogP contribution in [-0.4, -0.2) is 48.1 Å². The van der Waals surface area contributed by atoms with E-state index >= 15 is 0 Å². The topological polar surface area (TPSA) is 54.5 Å². The number of benzene rings is 1. The smallest absolute Gasteiger partial charge is 0.225 e. The number of ether oxygens (including phenoxy) is 1. The molecule has 0 bridgehead atoms. The molecule has 0 saturated carbocycles. The van der Waals surface area contributed by atoms with E-state index in [-0.39, 0.29) is 12.0 Å². The second-order valence-corrected chi connectivity index (χ2v) is 10.8. The first-order valence-corrected chi connectivity index (χ1v) is 13.0. The molecule has 3 heterocycles. The third kappa shape index (κ3) is 6.23. The number of nitrogens with one attached hydrogen (secondary N) is 1. The molecular formula is C23H25Cl2N3O2S2. The number of halogens is 2. The summed E-state index contributed by atoms with van der Waals surface area (Å²) in [7, 11) is 0. The fourth-order valence-electron chi connectivity index (χ4n) is 3.75. The van der Waals surface area contributed by atoms with E-state index in [1.807, 2.05) is 24.4 Å². The molecular weight excluding hydrogens is 485 g/mol. The summed E-state index contributed by atoms with van der Waals surface area (Å²) in [6, 6.07) is 9.44. The monoisotopic (exact) mass is 509 g/mol. The number of hydrogen-bond donors (Lipinski definition) is 1. The summed E-state index contributed by atoms with van der Waals surface area (Å²) in [5, 5.41) is 7.13. The van der Waals surface area contributed by atoms with E-state index in [0.717, 1.165) is 58.7 Å². The molecule has 1 aliphatic rings. The van der Waals surface area contributed by atoms with Crippen LogP contribution in [0.3, 0.4) is 0 Å². The Hall–Kier alpha value is -1.64. The van der Waals surface area contributed by atoms with Gasteiger partial charge in [-0.2, -0.15) is 0 Å². The zero-order chi connectivity index (χ0) is 22.5. The highest BCUT2D eigenvalue weighted by atomic mass is 35.5. The minimum absolute atomic E-state index is 0.0456. The lowest BCUT2D eigenvalue weighted by molar-refractivity contribution is -0.120. The van der Waals surface area contributed by atoms with Gasteiger partial charge in [0, 0.05) is 37.1 Å². The standard InChI is InChI=1S/C23H25Cl2N3O2S2/c1-15-27-23(20-3-2-12-31-20)21(32-15)14-22(29)26-8-11-28-9-6-16(7-10-28)30-17-4-5-18(24)19(25)13-17/h2-5,12-13,16H,6-11,14H2,1H3,(H,26,29). The van der Waals surface area contributed by atoms with Gasteiger partial charge in [0.05, 0.1) is 32.0 Å². The normalized spacial score (nSPS) is 15.1. The largest absolute Gasteiger partial charge is 0.490 e. The van der Waals surface area contributed by atoms with Crippen LogP contribution in [0.4, 0.5) is 0 Å². The molecule has 9 heteroatoms. The number of aromatic nitrogens is 1. The van der Waals surface area contributed by atoms with Crippen LogP contribution in [-0.2, 0) is 11.2 Å². The van der Waals surface area contributed by atoms with Crippen molar-refractivity contribution in [1.82, 2.24) is 15.2 Å². The van der Waals surface area contributed by atoms with Crippen LogP contribution in [0.5, 0.6) is 5.75 Å². The molecule has 1 saturated heterocycles. The van der Waals surface area contributed by atoms with Crippen molar-refractivity contribution in [3.05, 3.63) is 55.6 Å². The molecule has 3 aromatic rings. The van der Waals surface area contributed by atoms with Gasteiger partial charge in [-0.15, -0.1) is 22.7 Å². The first-order chi connectivity index (χ1) is 15.5. The van der Waals surface area contributed by atoms with E-state index in [4.69, 9.17) is 27.9 Å². The Kier molecular flexibility index (Phi) is 8.07. The number of nitrogens with zero attached hydrogens (tertiary/aromatic N) is 2. The molecule has 32 heavy (non-hydrogen) atoms. The minimum Gasteiger partial charge on any atom is -0.490 e. The zero-order valence-corrected chi connectivity index (χ0v) is 20.9. The fraction of sp³-hybridized carbons (Fsp3) is 0.391. The van der Waals surface area contributed by atoms with Crippen LogP contribution in [0.1, 0.15) is 22.7 Å². The summed E-state index contributed by atoms with van der Waals surface area (Å²) < 4.78 is 6.05. The van der Waals surface area contributed by atoms with Gasteiger partial charge in [0.15, 0.2) is 0 Å². The van der Waals surface area contributed by atoms with Crippen molar-refractivity contribution in [3.63, 3.8) is 0 Å². The molecule has 170 valence electrons. The molecule has 0 radical (unpaired) electrons. The maximum Gasteiger partial charge on any atom is 0.225 e. The third-order valence-electron chi connectivity index (χ3n) is 5.36. The number of thiophene rings is 1. The van der Waals surface area contributed by atoms with Gasteiger partial charge in [0.25, 0.3) is 0 Å². The Labute approximate surface area is 206 Å². The van der Waals surface area contributed by atoms with Crippen molar-refractivity contribution in [2.24, 2.45) is 0 Å². The lowest BCUT2D eigenvalue weighted by Crippen LogP contribution is -2.42. The molecule has 1 fully saturated rings. The highest BCUT2D eigenvalue weighted by Gasteiger charge is 2.21. The van der Waals surface area contributed by atoms with Crippen molar-refractivity contribution < 1.29 is 9.53 Å².